The first-order valence-corrected chi connectivity index (χ1v) is 9.37. The minimum Gasteiger partial charge on any atom is -0.364 e. The largest absolute Gasteiger partial charge is 0.364 e. The Morgan fingerprint density at radius 1 is 1.33 bits per heavy atom. The maximum atomic E-state index is 12.1. The molecule has 0 radical (unpaired) electrons. The van der Waals surface area contributed by atoms with Crippen molar-refractivity contribution in [1.29, 1.82) is 0 Å². The average molecular weight is 314 g/mol. The van der Waals surface area contributed by atoms with Crippen molar-refractivity contribution in [2.45, 2.75) is 64.7 Å². The molecular weight excluding hydrogens is 288 g/mol. The molecule has 0 saturated heterocycles. The second-order valence-electron chi connectivity index (χ2n) is 6.76. The standard InChI is InChI=1S/C15H26N2O3S/c1-4-15(2,3)12-5-7-13(8-6-12)17-21(18,19)11-14-9-10-20-16-14/h9-10,12-13,17H,4-8,11H2,1-3H3. The van der Waals surface area contributed by atoms with Crippen LogP contribution in [0.4, 0.5) is 0 Å². The summed E-state index contributed by atoms with van der Waals surface area (Å²) in [7, 11) is -3.34. The van der Waals surface area contributed by atoms with Crippen molar-refractivity contribution in [3.63, 3.8) is 0 Å². The van der Waals surface area contributed by atoms with Gasteiger partial charge in [-0.25, -0.2) is 13.1 Å². The molecule has 1 heterocycles. The fourth-order valence-electron chi connectivity index (χ4n) is 3.08. The van der Waals surface area contributed by atoms with E-state index in [0.29, 0.717) is 17.0 Å². The molecule has 1 aromatic heterocycles. The first-order valence-electron chi connectivity index (χ1n) is 7.71. The molecule has 1 fully saturated rings. The maximum Gasteiger partial charge on any atom is 0.217 e. The van der Waals surface area contributed by atoms with E-state index in [1.54, 1.807) is 6.07 Å². The predicted octanol–water partition coefficient (Wildman–Crippen LogP) is 3.09. The Morgan fingerprint density at radius 2 is 2.00 bits per heavy atom. The summed E-state index contributed by atoms with van der Waals surface area (Å²) >= 11 is 0. The van der Waals surface area contributed by atoms with Crippen molar-refractivity contribution < 1.29 is 12.9 Å². The molecule has 1 N–H and O–H groups in total. The summed E-state index contributed by atoms with van der Waals surface area (Å²) in [5.74, 6) is 0.586. The summed E-state index contributed by atoms with van der Waals surface area (Å²) < 4.78 is 31.7. The summed E-state index contributed by atoms with van der Waals surface area (Å²) in [5, 5.41) is 3.66. The van der Waals surface area contributed by atoms with E-state index in [-0.39, 0.29) is 11.8 Å². The molecule has 0 bridgehead atoms. The van der Waals surface area contributed by atoms with E-state index in [0.717, 1.165) is 25.7 Å². The van der Waals surface area contributed by atoms with Crippen LogP contribution in [0.3, 0.4) is 0 Å². The third-order valence-corrected chi connectivity index (χ3v) is 6.29. The highest BCUT2D eigenvalue weighted by Crippen LogP contribution is 2.40. The lowest BCUT2D eigenvalue weighted by Crippen LogP contribution is -2.40. The number of nitrogens with zero attached hydrogens (tertiary/aromatic N) is 1. The number of rotatable bonds is 6. The summed E-state index contributed by atoms with van der Waals surface area (Å²) in [6.07, 6.45) is 6.59. The lowest BCUT2D eigenvalue weighted by molar-refractivity contribution is 0.142. The Labute approximate surface area is 127 Å². The van der Waals surface area contributed by atoms with E-state index in [9.17, 15) is 8.42 Å². The maximum absolute atomic E-state index is 12.1. The van der Waals surface area contributed by atoms with Crippen LogP contribution in [0.1, 0.15) is 58.6 Å². The second kappa shape index (κ2) is 6.48. The van der Waals surface area contributed by atoms with Gasteiger partial charge in [0, 0.05) is 12.1 Å². The zero-order chi connectivity index (χ0) is 15.5. The molecule has 0 aliphatic heterocycles. The minimum atomic E-state index is -3.34. The number of sulfonamides is 1. The molecule has 0 unspecified atom stereocenters. The van der Waals surface area contributed by atoms with Gasteiger partial charge < -0.3 is 4.52 Å². The van der Waals surface area contributed by atoms with Gasteiger partial charge in [-0.1, -0.05) is 32.3 Å². The van der Waals surface area contributed by atoms with Crippen molar-refractivity contribution in [3.8, 4) is 0 Å². The number of nitrogens with one attached hydrogen (secondary N) is 1. The van der Waals surface area contributed by atoms with Crippen molar-refractivity contribution in [1.82, 2.24) is 9.88 Å². The van der Waals surface area contributed by atoms with Crippen LogP contribution in [-0.2, 0) is 15.8 Å². The van der Waals surface area contributed by atoms with Gasteiger partial charge >= 0.3 is 0 Å². The zero-order valence-electron chi connectivity index (χ0n) is 13.1. The molecule has 21 heavy (non-hydrogen) atoms. The van der Waals surface area contributed by atoms with Gasteiger partial charge in [0.25, 0.3) is 0 Å². The van der Waals surface area contributed by atoms with E-state index in [1.807, 2.05) is 0 Å². The van der Waals surface area contributed by atoms with Crippen molar-refractivity contribution in [3.05, 3.63) is 18.0 Å². The first-order chi connectivity index (χ1) is 9.82. The van der Waals surface area contributed by atoms with Crippen LogP contribution < -0.4 is 4.72 Å². The van der Waals surface area contributed by atoms with Crippen LogP contribution >= 0.6 is 0 Å². The quantitative estimate of drug-likeness (QED) is 0.875. The van der Waals surface area contributed by atoms with Crippen LogP contribution in [0.5, 0.6) is 0 Å². The predicted molar refractivity (Wildman–Crippen MR) is 82.1 cm³/mol. The molecule has 1 saturated carbocycles. The second-order valence-corrected chi connectivity index (χ2v) is 8.51. The molecule has 2 rings (SSSR count). The van der Waals surface area contributed by atoms with Crippen LogP contribution in [0, 0.1) is 11.3 Å². The van der Waals surface area contributed by atoms with Gasteiger partial charge in [0.15, 0.2) is 0 Å². The van der Waals surface area contributed by atoms with Crippen LogP contribution in [0.15, 0.2) is 16.9 Å². The molecular formula is C15H26N2O3S. The van der Waals surface area contributed by atoms with Crippen molar-refractivity contribution in [2.75, 3.05) is 0 Å². The van der Waals surface area contributed by atoms with E-state index in [1.165, 1.54) is 12.7 Å². The summed E-state index contributed by atoms with van der Waals surface area (Å²) in [5.41, 5.74) is 0.799. The van der Waals surface area contributed by atoms with Crippen LogP contribution in [-0.4, -0.2) is 19.6 Å². The lowest BCUT2D eigenvalue weighted by atomic mass is 9.69. The third kappa shape index (κ3) is 4.54. The Morgan fingerprint density at radius 3 is 2.52 bits per heavy atom. The minimum absolute atomic E-state index is 0.0609. The summed E-state index contributed by atoms with van der Waals surface area (Å²) in [4.78, 5) is 0. The first kappa shape index (κ1) is 16.5. The van der Waals surface area contributed by atoms with E-state index in [2.05, 4.69) is 35.2 Å². The third-order valence-electron chi connectivity index (χ3n) is 4.92. The average Bonchev–Trinajstić information content (AvgIpc) is 2.91. The number of hydrogen-bond donors (Lipinski definition) is 1. The Balaban J connectivity index is 1.86. The lowest BCUT2D eigenvalue weighted by Gasteiger charge is -2.38. The topological polar surface area (TPSA) is 72.2 Å². The van der Waals surface area contributed by atoms with E-state index >= 15 is 0 Å². The number of hydrogen-bond acceptors (Lipinski definition) is 4. The Kier molecular flexibility index (Phi) is 5.09. The van der Waals surface area contributed by atoms with Crippen LogP contribution in [0.25, 0.3) is 0 Å². The summed E-state index contributed by atoms with van der Waals surface area (Å²) in [6, 6.07) is 1.64. The molecule has 0 spiro atoms. The van der Waals surface area contributed by atoms with Gasteiger partial charge in [0.05, 0.1) is 5.69 Å². The Hall–Kier alpha value is -0.880. The van der Waals surface area contributed by atoms with Gasteiger partial charge in [-0.2, -0.15) is 0 Å². The molecule has 1 aromatic rings. The van der Waals surface area contributed by atoms with Crippen molar-refractivity contribution >= 4 is 10.0 Å². The highest BCUT2D eigenvalue weighted by molar-refractivity contribution is 7.88. The number of aromatic nitrogens is 1. The SMILES string of the molecule is CCC(C)(C)C1CCC(NS(=O)(=O)Cc2ccon2)CC1. The van der Waals surface area contributed by atoms with E-state index < -0.39 is 10.0 Å². The van der Waals surface area contributed by atoms with Gasteiger partial charge in [-0.3, -0.25) is 0 Å². The van der Waals surface area contributed by atoms with Gasteiger partial charge in [-0.15, -0.1) is 0 Å². The fraction of sp³-hybridized carbons (Fsp3) is 0.800. The molecule has 0 atom stereocenters. The molecule has 120 valence electrons. The molecule has 5 nitrogen and oxygen atoms in total. The van der Waals surface area contributed by atoms with Gasteiger partial charge in [0.1, 0.15) is 12.0 Å². The highest BCUT2D eigenvalue weighted by Gasteiger charge is 2.33. The van der Waals surface area contributed by atoms with Gasteiger partial charge in [0.2, 0.25) is 10.0 Å². The summed E-state index contributed by atoms with van der Waals surface area (Å²) in [6.45, 7) is 6.85. The van der Waals surface area contributed by atoms with Crippen LogP contribution in [0.2, 0.25) is 0 Å². The van der Waals surface area contributed by atoms with Gasteiger partial charge in [-0.05, 0) is 37.0 Å². The fourth-order valence-corrected chi connectivity index (χ4v) is 4.45. The molecule has 1 aliphatic carbocycles. The molecule has 0 aromatic carbocycles. The molecule has 6 heteroatoms. The van der Waals surface area contributed by atoms with E-state index in [4.69, 9.17) is 0 Å². The molecule has 1 aliphatic rings. The highest BCUT2D eigenvalue weighted by atomic mass is 32.2. The van der Waals surface area contributed by atoms with Crippen molar-refractivity contribution in [2.24, 2.45) is 11.3 Å². The smallest absolute Gasteiger partial charge is 0.217 e. The zero-order valence-corrected chi connectivity index (χ0v) is 13.9. The normalized spacial score (nSPS) is 24.1. The Bertz CT molecular complexity index is 529. The monoisotopic (exact) mass is 314 g/mol. The molecule has 0 amide bonds.